The van der Waals surface area contributed by atoms with Gasteiger partial charge < -0.3 is 15.4 Å². The van der Waals surface area contributed by atoms with Crippen molar-refractivity contribution in [2.24, 2.45) is 0 Å². The van der Waals surface area contributed by atoms with Crippen LogP contribution in [0.15, 0.2) is 18.3 Å². The second-order valence-corrected chi connectivity index (χ2v) is 3.96. The van der Waals surface area contributed by atoms with Crippen molar-refractivity contribution in [1.29, 1.82) is 0 Å². The van der Waals surface area contributed by atoms with Gasteiger partial charge in [-0.05, 0) is 31.6 Å². The molecule has 0 unspecified atom stereocenters. The van der Waals surface area contributed by atoms with E-state index in [4.69, 9.17) is 17.0 Å². The fraction of sp³-hybridized carbons (Fsp3) is 0.500. The summed E-state index contributed by atoms with van der Waals surface area (Å²) in [5.74, 6) is 0.628. The number of thiocarbonyl (C=S) groups is 1. The Bertz CT molecular complexity index is 340. The fourth-order valence-electron chi connectivity index (χ4n) is 1.24. The molecule has 0 aliphatic rings. The molecule has 0 saturated carbocycles. The minimum atomic E-state index is 0.622. The molecule has 0 amide bonds. The topological polar surface area (TPSA) is 46.2 Å². The van der Waals surface area contributed by atoms with Crippen molar-refractivity contribution in [3.63, 3.8) is 0 Å². The summed E-state index contributed by atoms with van der Waals surface area (Å²) in [7, 11) is 0. The van der Waals surface area contributed by atoms with Crippen LogP contribution in [0.25, 0.3) is 0 Å². The lowest BCUT2D eigenvalue weighted by Gasteiger charge is -2.10. The number of hydrogen-bond donors (Lipinski definition) is 2. The Hall–Kier alpha value is -1.36. The number of hydrogen-bond acceptors (Lipinski definition) is 3. The van der Waals surface area contributed by atoms with E-state index in [1.54, 1.807) is 6.20 Å². The van der Waals surface area contributed by atoms with E-state index in [0.717, 1.165) is 25.1 Å². The summed E-state index contributed by atoms with van der Waals surface area (Å²) < 4.78 is 5.26. The molecule has 1 aromatic heterocycles. The Balaban J connectivity index is 2.37. The van der Waals surface area contributed by atoms with Gasteiger partial charge in [-0.25, -0.2) is 4.98 Å². The van der Waals surface area contributed by atoms with E-state index in [1.807, 2.05) is 19.1 Å². The van der Waals surface area contributed by atoms with E-state index in [-0.39, 0.29) is 0 Å². The van der Waals surface area contributed by atoms with Crippen molar-refractivity contribution in [3.8, 4) is 5.88 Å². The number of unbranched alkanes of at least 4 members (excludes halogenated alkanes) is 1. The summed E-state index contributed by atoms with van der Waals surface area (Å²) in [6.07, 6.45) is 3.97. The SMILES string of the molecule is CCCCNC(=S)Nc1ccc(OCC)nc1. The van der Waals surface area contributed by atoms with E-state index in [1.165, 1.54) is 0 Å². The van der Waals surface area contributed by atoms with Crippen LogP contribution < -0.4 is 15.4 Å². The lowest BCUT2D eigenvalue weighted by molar-refractivity contribution is 0.327. The van der Waals surface area contributed by atoms with Crippen molar-refractivity contribution >= 4 is 23.0 Å². The molecule has 0 bridgehead atoms. The lowest BCUT2D eigenvalue weighted by Crippen LogP contribution is -2.29. The monoisotopic (exact) mass is 253 g/mol. The standard InChI is InChI=1S/C12H19N3OS/c1-3-5-8-13-12(17)15-10-6-7-11(14-9-10)16-4-2/h6-7,9H,3-5,8H2,1-2H3,(H2,13,15,17). The van der Waals surface area contributed by atoms with Gasteiger partial charge in [0.05, 0.1) is 18.5 Å². The predicted octanol–water partition coefficient (Wildman–Crippen LogP) is 2.57. The molecular formula is C12H19N3OS. The molecule has 0 spiro atoms. The highest BCUT2D eigenvalue weighted by Gasteiger charge is 1.98. The van der Waals surface area contributed by atoms with Crippen molar-refractivity contribution in [1.82, 2.24) is 10.3 Å². The number of ether oxygens (including phenoxy) is 1. The third kappa shape index (κ3) is 5.49. The van der Waals surface area contributed by atoms with Crippen molar-refractivity contribution < 1.29 is 4.74 Å². The van der Waals surface area contributed by atoms with E-state index >= 15 is 0 Å². The number of nitrogens with one attached hydrogen (secondary N) is 2. The number of rotatable bonds is 6. The molecule has 0 aromatic carbocycles. The highest BCUT2D eigenvalue weighted by molar-refractivity contribution is 7.80. The van der Waals surface area contributed by atoms with Crippen LogP contribution in [0, 0.1) is 0 Å². The highest BCUT2D eigenvalue weighted by Crippen LogP contribution is 2.11. The van der Waals surface area contributed by atoms with Gasteiger partial charge in [-0.15, -0.1) is 0 Å². The molecule has 1 rings (SSSR count). The molecule has 1 aromatic rings. The summed E-state index contributed by atoms with van der Waals surface area (Å²) >= 11 is 5.15. The van der Waals surface area contributed by atoms with E-state index < -0.39 is 0 Å². The van der Waals surface area contributed by atoms with E-state index in [0.29, 0.717) is 17.6 Å². The largest absolute Gasteiger partial charge is 0.478 e. The zero-order chi connectivity index (χ0) is 12.5. The molecule has 94 valence electrons. The van der Waals surface area contributed by atoms with Gasteiger partial charge in [0.25, 0.3) is 0 Å². The minimum Gasteiger partial charge on any atom is -0.478 e. The average molecular weight is 253 g/mol. The Morgan fingerprint density at radius 1 is 1.41 bits per heavy atom. The Kier molecular flexibility index (Phi) is 6.32. The molecule has 0 aliphatic carbocycles. The van der Waals surface area contributed by atoms with E-state index in [2.05, 4.69) is 22.5 Å². The smallest absolute Gasteiger partial charge is 0.213 e. The molecular weight excluding hydrogens is 234 g/mol. The van der Waals surface area contributed by atoms with Crippen LogP contribution in [0.4, 0.5) is 5.69 Å². The maximum absolute atomic E-state index is 5.26. The summed E-state index contributed by atoms with van der Waals surface area (Å²) in [5, 5.41) is 6.83. The van der Waals surface area contributed by atoms with Crippen LogP contribution in [-0.2, 0) is 0 Å². The first-order valence-corrected chi connectivity index (χ1v) is 6.30. The minimum absolute atomic E-state index is 0.622. The van der Waals surface area contributed by atoms with Crippen LogP contribution in [0.2, 0.25) is 0 Å². The lowest BCUT2D eigenvalue weighted by atomic mass is 10.3. The molecule has 1 heterocycles. The molecule has 0 aliphatic heterocycles. The Morgan fingerprint density at radius 2 is 2.24 bits per heavy atom. The molecule has 17 heavy (non-hydrogen) atoms. The van der Waals surface area contributed by atoms with Crippen molar-refractivity contribution in [2.75, 3.05) is 18.5 Å². The third-order valence-electron chi connectivity index (χ3n) is 2.10. The number of nitrogens with zero attached hydrogens (tertiary/aromatic N) is 1. The fourth-order valence-corrected chi connectivity index (χ4v) is 1.46. The first kappa shape index (κ1) is 13.7. The molecule has 0 fully saturated rings. The maximum atomic E-state index is 5.26. The molecule has 0 saturated heterocycles. The van der Waals surface area contributed by atoms with Crippen LogP contribution >= 0.6 is 12.2 Å². The average Bonchev–Trinajstić information content (AvgIpc) is 2.32. The molecule has 0 radical (unpaired) electrons. The maximum Gasteiger partial charge on any atom is 0.213 e. The third-order valence-corrected chi connectivity index (χ3v) is 2.35. The van der Waals surface area contributed by atoms with Gasteiger partial charge in [-0.1, -0.05) is 13.3 Å². The summed E-state index contributed by atoms with van der Waals surface area (Å²) in [5.41, 5.74) is 0.863. The van der Waals surface area contributed by atoms with Crippen LogP contribution in [0.3, 0.4) is 0 Å². The second-order valence-electron chi connectivity index (χ2n) is 3.55. The first-order chi connectivity index (χ1) is 8.26. The zero-order valence-electron chi connectivity index (χ0n) is 10.3. The zero-order valence-corrected chi connectivity index (χ0v) is 11.1. The van der Waals surface area contributed by atoms with Crippen LogP contribution in [0.5, 0.6) is 5.88 Å². The second kappa shape index (κ2) is 7.84. The van der Waals surface area contributed by atoms with Gasteiger partial charge in [0.15, 0.2) is 5.11 Å². The molecule has 5 heteroatoms. The summed E-state index contributed by atoms with van der Waals surface area (Å²) in [4.78, 5) is 4.15. The summed E-state index contributed by atoms with van der Waals surface area (Å²) in [6, 6.07) is 3.71. The van der Waals surface area contributed by atoms with Gasteiger partial charge in [0.1, 0.15) is 0 Å². The van der Waals surface area contributed by atoms with Crippen LogP contribution in [0.1, 0.15) is 26.7 Å². The highest BCUT2D eigenvalue weighted by atomic mass is 32.1. The van der Waals surface area contributed by atoms with Crippen molar-refractivity contribution in [2.45, 2.75) is 26.7 Å². The van der Waals surface area contributed by atoms with Gasteiger partial charge in [0, 0.05) is 12.6 Å². The normalized spacial score (nSPS) is 9.76. The predicted molar refractivity (Wildman–Crippen MR) is 74.5 cm³/mol. The number of pyridine rings is 1. The van der Waals surface area contributed by atoms with Gasteiger partial charge >= 0.3 is 0 Å². The Morgan fingerprint density at radius 3 is 2.82 bits per heavy atom. The van der Waals surface area contributed by atoms with E-state index in [9.17, 15) is 0 Å². The van der Waals surface area contributed by atoms with Crippen molar-refractivity contribution in [3.05, 3.63) is 18.3 Å². The van der Waals surface area contributed by atoms with Crippen LogP contribution in [-0.4, -0.2) is 23.2 Å². The Labute approximate surface area is 108 Å². The molecule has 2 N–H and O–H groups in total. The quantitative estimate of drug-likeness (QED) is 0.602. The molecule has 0 atom stereocenters. The number of aromatic nitrogens is 1. The first-order valence-electron chi connectivity index (χ1n) is 5.90. The van der Waals surface area contributed by atoms with Gasteiger partial charge in [-0.3, -0.25) is 0 Å². The van der Waals surface area contributed by atoms with Gasteiger partial charge in [-0.2, -0.15) is 0 Å². The molecule has 4 nitrogen and oxygen atoms in total. The van der Waals surface area contributed by atoms with Gasteiger partial charge in [0.2, 0.25) is 5.88 Å². The number of anilines is 1. The summed E-state index contributed by atoms with van der Waals surface area (Å²) in [6.45, 7) is 5.60.